The molecule has 0 atom stereocenters. The zero-order valence-electron chi connectivity index (χ0n) is 10.7. The van der Waals surface area contributed by atoms with E-state index in [1.165, 1.54) is 18.3 Å². The highest BCUT2D eigenvalue weighted by molar-refractivity contribution is 7.92. The largest absolute Gasteiger partial charge is 0.392 e. The van der Waals surface area contributed by atoms with Gasteiger partial charge in [-0.15, -0.1) is 0 Å². The van der Waals surface area contributed by atoms with Crippen LogP contribution in [0.1, 0.15) is 11.3 Å². The average Bonchev–Trinajstić information content (AvgIpc) is 2.38. The number of halogens is 1. The summed E-state index contributed by atoms with van der Waals surface area (Å²) in [6, 6.07) is 7.52. The predicted octanol–water partition coefficient (Wildman–Crippen LogP) is 2.34. The van der Waals surface area contributed by atoms with Crippen molar-refractivity contribution in [1.82, 2.24) is 4.98 Å². The van der Waals surface area contributed by atoms with Crippen LogP contribution in [-0.2, 0) is 16.6 Å². The lowest BCUT2D eigenvalue weighted by Gasteiger charge is -2.10. The highest BCUT2D eigenvalue weighted by Gasteiger charge is 2.18. The second kappa shape index (κ2) is 5.78. The first-order chi connectivity index (χ1) is 9.42. The molecule has 0 radical (unpaired) electrons. The van der Waals surface area contributed by atoms with Gasteiger partial charge in [0.2, 0.25) is 0 Å². The number of aliphatic hydroxyl groups is 1. The molecule has 106 valence electrons. The lowest BCUT2D eigenvalue weighted by atomic mass is 10.2. The van der Waals surface area contributed by atoms with Crippen molar-refractivity contribution in [3.63, 3.8) is 0 Å². The van der Waals surface area contributed by atoms with Crippen LogP contribution in [0.3, 0.4) is 0 Å². The molecule has 0 amide bonds. The van der Waals surface area contributed by atoms with Crippen molar-refractivity contribution in [2.75, 3.05) is 4.72 Å². The molecule has 20 heavy (non-hydrogen) atoms. The van der Waals surface area contributed by atoms with Gasteiger partial charge < -0.3 is 5.11 Å². The van der Waals surface area contributed by atoms with Gasteiger partial charge in [-0.2, -0.15) is 0 Å². The molecule has 2 rings (SSSR count). The first-order valence-electron chi connectivity index (χ1n) is 5.77. The van der Waals surface area contributed by atoms with Gasteiger partial charge in [-0.05, 0) is 36.8 Å². The summed E-state index contributed by atoms with van der Waals surface area (Å²) in [5.41, 5.74) is 1.57. The van der Waals surface area contributed by atoms with Gasteiger partial charge in [0, 0.05) is 11.9 Å². The van der Waals surface area contributed by atoms with Crippen LogP contribution >= 0.6 is 11.6 Å². The molecule has 1 aromatic carbocycles. The number of pyridine rings is 1. The molecule has 0 saturated heterocycles. The molecular weight excluding hydrogens is 300 g/mol. The van der Waals surface area contributed by atoms with Crippen LogP contribution in [-0.4, -0.2) is 18.5 Å². The molecule has 0 aliphatic rings. The Morgan fingerprint density at radius 1 is 1.30 bits per heavy atom. The summed E-state index contributed by atoms with van der Waals surface area (Å²) in [6.45, 7) is 1.51. The van der Waals surface area contributed by atoms with Crippen molar-refractivity contribution in [1.29, 1.82) is 0 Å². The zero-order chi connectivity index (χ0) is 14.8. The molecule has 0 aliphatic heterocycles. The van der Waals surface area contributed by atoms with E-state index in [2.05, 4.69) is 9.71 Å². The van der Waals surface area contributed by atoms with Crippen molar-refractivity contribution in [2.24, 2.45) is 0 Å². The van der Waals surface area contributed by atoms with Gasteiger partial charge in [-0.25, -0.2) is 8.42 Å². The average molecular weight is 313 g/mol. The lowest BCUT2D eigenvalue weighted by Crippen LogP contribution is -2.14. The Morgan fingerprint density at radius 2 is 2.05 bits per heavy atom. The second-order valence-electron chi connectivity index (χ2n) is 4.21. The third kappa shape index (κ3) is 3.27. The predicted molar refractivity (Wildman–Crippen MR) is 77.2 cm³/mol. The van der Waals surface area contributed by atoms with E-state index in [9.17, 15) is 8.42 Å². The van der Waals surface area contributed by atoms with E-state index in [1.807, 2.05) is 0 Å². The van der Waals surface area contributed by atoms with Crippen LogP contribution < -0.4 is 4.72 Å². The molecule has 0 bridgehead atoms. The smallest absolute Gasteiger partial charge is 0.263 e. The summed E-state index contributed by atoms with van der Waals surface area (Å²) in [4.78, 5) is 3.92. The minimum absolute atomic E-state index is 0.0693. The number of anilines is 1. The van der Waals surface area contributed by atoms with E-state index in [0.717, 1.165) is 0 Å². The fraction of sp³-hybridized carbons (Fsp3) is 0.154. The first-order valence-corrected chi connectivity index (χ1v) is 7.63. The van der Waals surface area contributed by atoms with Crippen LogP contribution in [0.4, 0.5) is 5.69 Å². The number of benzene rings is 1. The zero-order valence-corrected chi connectivity index (χ0v) is 12.2. The molecule has 7 heteroatoms. The molecular formula is C13H13ClN2O3S. The van der Waals surface area contributed by atoms with Crippen molar-refractivity contribution in [3.8, 4) is 0 Å². The summed E-state index contributed by atoms with van der Waals surface area (Å²) < 4.78 is 27.0. The molecule has 1 heterocycles. The third-order valence-corrected chi connectivity index (χ3v) is 4.48. The Morgan fingerprint density at radius 3 is 2.70 bits per heavy atom. The molecule has 0 spiro atoms. The second-order valence-corrected chi connectivity index (χ2v) is 6.27. The van der Waals surface area contributed by atoms with Gasteiger partial charge in [-0.3, -0.25) is 9.71 Å². The van der Waals surface area contributed by atoms with Crippen LogP contribution in [0.2, 0.25) is 5.02 Å². The van der Waals surface area contributed by atoms with Crippen molar-refractivity contribution >= 4 is 27.3 Å². The van der Waals surface area contributed by atoms with Crippen LogP contribution in [0, 0.1) is 6.92 Å². The highest BCUT2D eigenvalue weighted by atomic mass is 35.5. The minimum Gasteiger partial charge on any atom is -0.392 e. The van der Waals surface area contributed by atoms with E-state index < -0.39 is 10.0 Å². The number of nitrogens with zero attached hydrogens (tertiary/aromatic N) is 1. The third-order valence-electron chi connectivity index (χ3n) is 2.62. The van der Waals surface area contributed by atoms with Gasteiger partial charge >= 0.3 is 0 Å². The highest BCUT2D eigenvalue weighted by Crippen LogP contribution is 2.25. The number of hydrogen-bond donors (Lipinski definition) is 2. The Labute approximate surface area is 122 Å². The van der Waals surface area contributed by atoms with Gasteiger partial charge in [0.15, 0.2) is 0 Å². The maximum atomic E-state index is 12.3. The maximum absolute atomic E-state index is 12.3. The van der Waals surface area contributed by atoms with E-state index in [-0.39, 0.29) is 16.5 Å². The van der Waals surface area contributed by atoms with Crippen LogP contribution in [0.5, 0.6) is 0 Å². The van der Waals surface area contributed by atoms with Gasteiger partial charge in [0.25, 0.3) is 10.0 Å². The van der Waals surface area contributed by atoms with Crippen LogP contribution in [0.15, 0.2) is 41.4 Å². The fourth-order valence-electron chi connectivity index (χ4n) is 1.67. The maximum Gasteiger partial charge on any atom is 0.263 e. The van der Waals surface area contributed by atoms with Crippen LogP contribution in [0.25, 0.3) is 0 Å². The standard InChI is InChI=1S/C13H13ClN2O3S/c1-9-6-11(4-5-15-9)16-20(18,19)13-7-10(8-17)2-3-12(13)14/h2-7,17H,8H2,1H3,(H,15,16). The van der Waals surface area contributed by atoms with Gasteiger partial charge in [0.05, 0.1) is 17.3 Å². The molecule has 0 aliphatic carbocycles. The van der Waals surface area contributed by atoms with Gasteiger partial charge in [0.1, 0.15) is 4.90 Å². The molecule has 1 aromatic heterocycles. The Bertz CT molecular complexity index is 732. The lowest BCUT2D eigenvalue weighted by molar-refractivity contribution is 0.281. The molecule has 0 unspecified atom stereocenters. The number of aromatic nitrogens is 1. The minimum atomic E-state index is -3.81. The fourth-order valence-corrected chi connectivity index (χ4v) is 3.27. The molecule has 2 N–H and O–H groups in total. The molecule has 5 nitrogen and oxygen atoms in total. The van der Waals surface area contributed by atoms with Crippen molar-refractivity contribution < 1.29 is 13.5 Å². The molecule has 0 saturated carbocycles. The number of aliphatic hydroxyl groups excluding tert-OH is 1. The summed E-state index contributed by atoms with van der Waals surface area (Å²) in [5.74, 6) is 0. The van der Waals surface area contributed by atoms with E-state index in [1.54, 1.807) is 25.1 Å². The van der Waals surface area contributed by atoms with Gasteiger partial charge in [-0.1, -0.05) is 17.7 Å². The normalized spacial score (nSPS) is 11.3. The van der Waals surface area contributed by atoms with E-state index in [4.69, 9.17) is 16.7 Å². The van der Waals surface area contributed by atoms with Crippen molar-refractivity contribution in [2.45, 2.75) is 18.4 Å². The Balaban J connectivity index is 2.40. The summed E-state index contributed by atoms with van der Waals surface area (Å²) in [7, 11) is -3.81. The number of rotatable bonds is 4. The SMILES string of the molecule is Cc1cc(NS(=O)(=O)c2cc(CO)ccc2Cl)ccn1. The number of aryl methyl sites for hydroxylation is 1. The number of nitrogens with one attached hydrogen (secondary N) is 1. The molecule has 2 aromatic rings. The Kier molecular flexibility index (Phi) is 4.27. The topological polar surface area (TPSA) is 79.3 Å². The summed E-state index contributed by atoms with van der Waals surface area (Å²) in [5, 5.41) is 9.18. The van der Waals surface area contributed by atoms with E-state index in [0.29, 0.717) is 16.9 Å². The number of hydrogen-bond acceptors (Lipinski definition) is 4. The first kappa shape index (κ1) is 14.8. The summed E-state index contributed by atoms with van der Waals surface area (Å²) in [6.07, 6.45) is 1.51. The monoisotopic (exact) mass is 312 g/mol. The quantitative estimate of drug-likeness (QED) is 0.908. The summed E-state index contributed by atoms with van der Waals surface area (Å²) >= 11 is 5.92. The van der Waals surface area contributed by atoms with E-state index >= 15 is 0 Å². The Hall–Kier alpha value is -1.63. The van der Waals surface area contributed by atoms with Crippen molar-refractivity contribution in [3.05, 3.63) is 52.8 Å². The molecule has 0 fully saturated rings. The number of sulfonamides is 1.